The van der Waals surface area contributed by atoms with Crippen LogP contribution in [0.3, 0.4) is 0 Å². The van der Waals surface area contributed by atoms with Gasteiger partial charge in [-0.2, -0.15) is 5.26 Å². The highest BCUT2D eigenvalue weighted by Gasteiger charge is 2.13. The van der Waals surface area contributed by atoms with E-state index in [0.717, 1.165) is 0 Å². The van der Waals surface area contributed by atoms with Crippen LogP contribution in [-0.2, 0) is 0 Å². The average Bonchev–Trinajstić information content (AvgIpc) is 2.77. The van der Waals surface area contributed by atoms with Crippen LogP contribution >= 0.6 is 0 Å². The molecule has 0 atom stereocenters. The van der Waals surface area contributed by atoms with E-state index >= 15 is 0 Å². The Morgan fingerprint density at radius 1 is 0.947 bits per heavy atom. The summed E-state index contributed by atoms with van der Waals surface area (Å²) in [6.45, 7) is 0. The van der Waals surface area contributed by atoms with Crippen LogP contribution in [-0.4, -0.2) is 4.98 Å². The smallest absolute Gasteiger partial charge is 0.124 e. The van der Waals surface area contributed by atoms with Crippen molar-refractivity contribution in [1.82, 2.24) is 4.98 Å². The number of aromatic nitrogens is 1. The van der Waals surface area contributed by atoms with Crippen molar-refractivity contribution in [3.8, 4) is 17.3 Å². The lowest BCUT2D eigenvalue weighted by atomic mass is 10.1. The Bertz CT molecular complexity index is 795. The number of H-pyrrole nitrogens is 1. The van der Waals surface area contributed by atoms with Gasteiger partial charge in [0.1, 0.15) is 17.7 Å². The number of aromatic amines is 1. The second kappa shape index (κ2) is 4.21. The highest BCUT2D eigenvalue weighted by molar-refractivity contribution is 5.93. The van der Waals surface area contributed by atoms with Crippen LogP contribution in [0.4, 0.5) is 8.78 Å². The minimum absolute atomic E-state index is 0.343. The number of nitrogens with one attached hydrogen (secondary N) is 1. The van der Waals surface area contributed by atoms with Gasteiger partial charge in [-0.25, -0.2) is 8.78 Å². The molecule has 2 aromatic carbocycles. The van der Waals surface area contributed by atoms with Gasteiger partial charge in [0.2, 0.25) is 0 Å². The first-order chi connectivity index (χ1) is 9.19. The summed E-state index contributed by atoms with van der Waals surface area (Å²) in [5.41, 5.74) is 2.30. The lowest BCUT2D eigenvalue weighted by Gasteiger charge is -1.98. The van der Waals surface area contributed by atoms with Gasteiger partial charge < -0.3 is 4.98 Å². The topological polar surface area (TPSA) is 39.6 Å². The second-order valence-corrected chi connectivity index (χ2v) is 4.18. The number of hydrogen-bond acceptors (Lipinski definition) is 1. The summed E-state index contributed by atoms with van der Waals surface area (Å²) in [7, 11) is 0. The van der Waals surface area contributed by atoms with Crippen molar-refractivity contribution >= 4 is 10.9 Å². The number of fused-ring (bicyclic) bond motifs is 1. The van der Waals surface area contributed by atoms with Crippen molar-refractivity contribution in [2.45, 2.75) is 0 Å². The van der Waals surface area contributed by atoms with Crippen molar-refractivity contribution in [3.63, 3.8) is 0 Å². The molecule has 4 heteroatoms. The van der Waals surface area contributed by atoms with Gasteiger partial charge in [-0.15, -0.1) is 0 Å². The van der Waals surface area contributed by atoms with Gasteiger partial charge in [-0.1, -0.05) is 0 Å². The lowest BCUT2D eigenvalue weighted by Crippen LogP contribution is -1.82. The first-order valence-electron chi connectivity index (χ1n) is 5.66. The third-order valence-corrected chi connectivity index (χ3v) is 3.01. The van der Waals surface area contributed by atoms with Crippen molar-refractivity contribution < 1.29 is 8.78 Å². The van der Waals surface area contributed by atoms with Gasteiger partial charge in [-0.05, 0) is 48.0 Å². The number of halogens is 2. The van der Waals surface area contributed by atoms with Crippen molar-refractivity contribution in [2.24, 2.45) is 0 Å². The zero-order valence-electron chi connectivity index (χ0n) is 9.74. The molecule has 0 amide bonds. The molecule has 3 aromatic rings. The molecular formula is C15H8F2N2. The quantitative estimate of drug-likeness (QED) is 0.700. The third-order valence-electron chi connectivity index (χ3n) is 3.01. The minimum Gasteiger partial charge on any atom is -0.353 e. The molecule has 0 aliphatic carbocycles. The van der Waals surface area contributed by atoms with Crippen molar-refractivity contribution in [1.29, 1.82) is 5.26 Å². The summed E-state index contributed by atoms with van der Waals surface area (Å²) in [5, 5.41) is 9.78. The minimum atomic E-state index is -0.395. The largest absolute Gasteiger partial charge is 0.353 e. The van der Waals surface area contributed by atoms with Gasteiger partial charge in [-0.3, -0.25) is 0 Å². The number of nitriles is 1. The van der Waals surface area contributed by atoms with Crippen LogP contribution in [0.5, 0.6) is 0 Å². The van der Waals surface area contributed by atoms with Crippen LogP contribution in [0.1, 0.15) is 5.56 Å². The predicted octanol–water partition coefficient (Wildman–Crippen LogP) is 3.98. The molecule has 0 bridgehead atoms. The number of nitrogens with zero attached hydrogens (tertiary/aromatic N) is 1. The third kappa shape index (κ3) is 1.85. The van der Waals surface area contributed by atoms with E-state index in [9.17, 15) is 14.0 Å². The molecule has 0 fully saturated rings. The average molecular weight is 254 g/mol. The SMILES string of the molecule is N#Cc1c(-c2ccc(F)cc2)[nH]c2ccc(F)cc12. The lowest BCUT2D eigenvalue weighted by molar-refractivity contribution is 0.628. The molecule has 92 valence electrons. The molecular weight excluding hydrogens is 246 g/mol. The van der Waals surface area contributed by atoms with E-state index in [2.05, 4.69) is 11.1 Å². The van der Waals surface area contributed by atoms with Crippen LogP contribution in [0, 0.1) is 23.0 Å². The molecule has 0 aliphatic heterocycles. The maximum absolute atomic E-state index is 13.2. The predicted molar refractivity (Wildman–Crippen MR) is 68.4 cm³/mol. The maximum atomic E-state index is 13.2. The summed E-state index contributed by atoms with van der Waals surface area (Å²) < 4.78 is 26.2. The van der Waals surface area contributed by atoms with E-state index < -0.39 is 5.82 Å². The molecule has 1 N–H and O–H groups in total. The molecule has 1 heterocycles. The van der Waals surface area contributed by atoms with Crippen LogP contribution < -0.4 is 0 Å². The highest BCUT2D eigenvalue weighted by atomic mass is 19.1. The fourth-order valence-corrected chi connectivity index (χ4v) is 2.11. The molecule has 0 saturated carbocycles. The fraction of sp³-hybridized carbons (Fsp3) is 0. The van der Waals surface area contributed by atoms with Gasteiger partial charge >= 0.3 is 0 Å². The molecule has 0 spiro atoms. The zero-order chi connectivity index (χ0) is 13.4. The Labute approximate surface area is 107 Å². The van der Waals surface area contributed by atoms with Crippen LogP contribution in [0.15, 0.2) is 42.5 Å². The molecule has 1 aromatic heterocycles. The molecule has 0 unspecified atom stereocenters. The molecule has 3 rings (SSSR count). The monoisotopic (exact) mass is 254 g/mol. The Morgan fingerprint density at radius 2 is 1.63 bits per heavy atom. The Balaban J connectivity index is 2.29. The Kier molecular flexibility index (Phi) is 2.53. The standard InChI is InChI=1S/C15H8F2N2/c16-10-3-1-9(2-4-10)15-13(8-18)12-7-11(17)5-6-14(12)19-15/h1-7,19H. The van der Waals surface area contributed by atoms with E-state index in [0.29, 0.717) is 27.7 Å². The molecule has 0 aliphatic rings. The molecule has 0 radical (unpaired) electrons. The van der Waals surface area contributed by atoms with E-state index in [4.69, 9.17) is 0 Å². The number of hydrogen-bond donors (Lipinski definition) is 1. The number of benzene rings is 2. The van der Waals surface area contributed by atoms with Gasteiger partial charge in [0.15, 0.2) is 0 Å². The Morgan fingerprint density at radius 3 is 2.32 bits per heavy atom. The van der Waals surface area contributed by atoms with Crippen molar-refractivity contribution in [3.05, 3.63) is 59.7 Å². The first kappa shape index (κ1) is 11.4. The number of rotatable bonds is 1. The highest BCUT2D eigenvalue weighted by Crippen LogP contribution is 2.30. The first-order valence-corrected chi connectivity index (χ1v) is 5.66. The summed E-state index contributed by atoms with van der Waals surface area (Å²) in [4.78, 5) is 3.07. The van der Waals surface area contributed by atoms with E-state index in [-0.39, 0.29) is 5.82 Å². The Hall–Kier alpha value is -2.67. The van der Waals surface area contributed by atoms with Crippen molar-refractivity contribution in [2.75, 3.05) is 0 Å². The van der Waals surface area contributed by atoms with Gasteiger partial charge in [0.05, 0.1) is 11.3 Å². The van der Waals surface area contributed by atoms with Gasteiger partial charge in [0.25, 0.3) is 0 Å². The molecule has 19 heavy (non-hydrogen) atoms. The zero-order valence-corrected chi connectivity index (χ0v) is 9.74. The maximum Gasteiger partial charge on any atom is 0.124 e. The summed E-state index contributed by atoms with van der Waals surface area (Å²) in [6.07, 6.45) is 0. The van der Waals surface area contributed by atoms with E-state index in [1.54, 1.807) is 18.2 Å². The van der Waals surface area contributed by atoms with Crippen LogP contribution in [0.25, 0.3) is 22.2 Å². The molecule has 0 saturated heterocycles. The molecule has 2 nitrogen and oxygen atoms in total. The summed E-state index contributed by atoms with van der Waals surface area (Å²) >= 11 is 0. The fourth-order valence-electron chi connectivity index (χ4n) is 2.11. The normalized spacial score (nSPS) is 10.6. The summed E-state index contributed by atoms with van der Waals surface area (Å²) in [6, 6.07) is 12.1. The van der Waals surface area contributed by atoms with Crippen LogP contribution in [0.2, 0.25) is 0 Å². The van der Waals surface area contributed by atoms with Gasteiger partial charge in [0, 0.05) is 10.9 Å². The second-order valence-electron chi connectivity index (χ2n) is 4.18. The van der Waals surface area contributed by atoms with E-state index in [1.807, 2.05) is 0 Å². The van der Waals surface area contributed by atoms with E-state index in [1.165, 1.54) is 24.3 Å². The summed E-state index contributed by atoms with van der Waals surface area (Å²) in [5.74, 6) is -0.738.